The van der Waals surface area contributed by atoms with Crippen molar-refractivity contribution < 1.29 is 0 Å². The van der Waals surface area contributed by atoms with Gasteiger partial charge in [-0.25, -0.2) is 9.97 Å². The van der Waals surface area contributed by atoms with Crippen LogP contribution in [0.5, 0.6) is 0 Å². The summed E-state index contributed by atoms with van der Waals surface area (Å²) in [6.45, 7) is 9.33. The van der Waals surface area contributed by atoms with Crippen LogP contribution in [0.1, 0.15) is 25.3 Å². The molecule has 0 unspecified atom stereocenters. The molecule has 0 saturated carbocycles. The Kier molecular flexibility index (Phi) is 6.16. The summed E-state index contributed by atoms with van der Waals surface area (Å²) >= 11 is 0. The molecule has 2 N–H and O–H groups in total. The molecule has 6 rings (SSSR count). The number of hydrogen-bond donors (Lipinski definition) is 2. The molecule has 0 atom stereocenters. The van der Waals surface area contributed by atoms with Crippen molar-refractivity contribution in [1.82, 2.24) is 40.0 Å². The van der Waals surface area contributed by atoms with E-state index in [-0.39, 0.29) is 0 Å². The second-order valence-electron chi connectivity index (χ2n) is 9.22. The van der Waals surface area contributed by atoms with Crippen LogP contribution >= 0.6 is 0 Å². The minimum absolute atomic E-state index is 0.645. The van der Waals surface area contributed by atoms with Crippen LogP contribution in [-0.4, -0.2) is 59.7 Å². The first-order valence-electron chi connectivity index (χ1n) is 12.5. The zero-order chi connectivity index (χ0) is 25.2. The van der Waals surface area contributed by atoms with Gasteiger partial charge in [0.15, 0.2) is 11.5 Å². The van der Waals surface area contributed by atoms with Gasteiger partial charge in [0.05, 0.1) is 16.6 Å². The van der Waals surface area contributed by atoms with Crippen LogP contribution in [0.2, 0.25) is 0 Å². The quantitative estimate of drug-likeness (QED) is 0.291. The minimum atomic E-state index is 0.645. The summed E-state index contributed by atoms with van der Waals surface area (Å²) in [5, 5.41) is 8.49. The number of aromatic amines is 2. The number of allylic oxidation sites excluding steroid dienone is 3. The molecule has 37 heavy (non-hydrogen) atoms. The first-order valence-corrected chi connectivity index (χ1v) is 12.5. The average molecular weight is 489 g/mol. The Morgan fingerprint density at radius 1 is 1.11 bits per heavy atom. The van der Waals surface area contributed by atoms with Crippen LogP contribution in [0.4, 0.5) is 0 Å². The number of rotatable bonds is 7. The van der Waals surface area contributed by atoms with Crippen molar-refractivity contribution in [3.8, 4) is 22.8 Å². The number of nitrogens with zero attached hydrogens (tertiary/aromatic N) is 6. The van der Waals surface area contributed by atoms with Crippen molar-refractivity contribution in [3.05, 3.63) is 85.0 Å². The van der Waals surface area contributed by atoms with Gasteiger partial charge in [-0.15, -0.1) is 0 Å². The summed E-state index contributed by atoms with van der Waals surface area (Å²) in [4.78, 5) is 24.2. The SMILES string of the molecule is C=C/C(=C\C(=C/C)c1cnc2n[nH]c(-c3nc4c(-c5ccncc5)nccc4[nH]3)c2c1)CN1CCCC1. The van der Waals surface area contributed by atoms with E-state index in [2.05, 4.69) is 66.8 Å². The number of pyridine rings is 3. The molecule has 1 fully saturated rings. The van der Waals surface area contributed by atoms with Crippen molar-refractivity contribution in [2.45, 2.75) is 19.8 Å². The average Bonchev–Trinajstić information content (AvgIpc) is 3.70. The monoisotopic (exact) mass is 488 g/mol. The van der Waals surface area contributed by atoms with Gasteiger partial charge < -0.3 is 4.98 Å². The van der Waals surface area contributed by atoms with Crippen LogP contribution in [0, 0.1) is 0 Å². The molecule has 1 aliphatic rings. The van der Waals surface area contributed by atoms with E-state index in [1.54, 1.807) is 18.6 Å². The summed E-state index contributed by atoms with van der Waals surface area (Å²) in [6, 6.07) is 7.92. The van der Waals surface area contributed by atoms with Gasteiger partial charge in [-0.1, -0.05) is 24.8 Å². The maximum Gasteiger partial charge on any atom is 0.181 e. The first kappa shape index (κ1) is 23.0. The van der Waals surface area contributed by atoms with E-state index in [1.807, 2.05) is 30.5 Å². The number of aromatic nitrogens is 7. The van der Waals surface area contributed by atoms with Gasteiger partial charge in [-0.3, -0.25) is 20.0 Å². The van der Waals surface area contributed by atoms with Crippen molar-refractivity contribution >= 4 is 27.6 Å². The lowest BCUT2D eigenvalue weighted by Gasteiger charge is -2.15. The lowest BCUT2D eigenvalue weighted by molar-refractivity contribution is 0.371. The number of likely N-dealkylation sites (tertiary alicyclic amines) is 1. The van der Waals surface area contributed by atoms with Crippen LogP contribution in [0.3, 0.4) is 0 Å². The number of nitrogens with one attached hydrogen (secondary N) is 2. The summed E-state index contributed by atoms with van der Waals surface area (Å²) in [5.41, 5.74) is 8.24. The standard InChI is InChI=1S/C29H28N8/c1-3-19(18-37-13-5-6-14-37)15-20(4-2)22-16-23-26(35-36-28(23)32-17-22)29-33-24-9-12-31-25(27(24)34-29)21-7-10-30-11-8-21/h3-4,7-12,15-17H,1,5-6,13-14,18H2,2H3,(H,33,34)(H,32,35,36)/b19-15+,20-4+. The highest BCUT2D eigenvalue weighted by Crippen LogP contribution is 2.31. The Morgan fingerprint density at radius 2 is 1.95 bits per heavy atom. The molecule has 6 heterocycles. The maximum absolute atomic E-state index is 4.91. The van der Waals surface area contributed by atoms with E-state index in [9.17, 15) is 0 Å². The molecular formula is C29H28N8. The maximum atomic E-state index is 4.91. The Balaban J connectivity index is 1.38. The Morgan fingerprint density at radius 3 is 2.73 bits per heavy atom. The van der Waals surface area contributed by atoms with Crippen LogP contribution in [0.25, 0.3) is 50.4 Å². The van der Waals surface area contributed by atoms with E-state index in [4.69, 9.17) is 4.98 Å². The van der Waals surface area contributed by atoms with Gasteiger partial charge in [0.25, 0.3) is 0 Å². The molecule has 0 spiro atoms. The number of imidazole rings is 1. The minimum Gasteiger partial charge on any atom is -0.337 e. The van der Waals surface area contributed by atoms with Gasteiger partial charge >= 0.3 is 0 Å². The summed E-state index contributed by atoms with van der Waals surface area (Å²) < 4.78 is 0. The van der Waals surface area contributed by atoms with Crippen LogP contribution < -0.4 is 0 Å². The highest BCUT2D eigenvalue weighted by molar-refractivity contribution is 5.96. The van der Waals surface area contributed by atoms with Gasteiger partial charge in [0.2, 0.25) is 0 Å². The highest BCUT2D eigenvalue weighted by Gasteiger charge is 2.17. The van der Waals surface area contributed by atoms with Crippen molar-refractivity contribution in [1.29, 1.82) is 0 Å². The zero-order valence-electron chi connectivity index (χ0n) is 20.8. The molecule has 0 bridgehead atoms. The summed E-state index contributed by atoms with van der Waals surface area (Å²) in [6.07, 6.45) is 16.0. The van der Waals surface area contributed by atoms with Crippen molar-refractivity contribution in [3.63, 3.8) is 0 Å². The van der Waals surface area contributed by atoms with Gasteiger partial charge in [-0.2, -0.15) is 5.10 Å². The molecule has 0 amide bonds. The lowest BCUT2D eigenvalue weighted by Crippen LogP contribution is -2.21. The second-order valence-corrected chi connectivity index (χ2v) is 9.22. The van der Waals surface area contributed by atoms with E-state index >= 15 is 0 Å². The first-order chi connectivity index (χ1) is 18.2. The lowest BCUT2D eigenvalue weighted by atomic mass is 10.0. The number of fused-ring (bicyclic) bond motifs is 2. The molecule has 0 radical (unpaired) electrons. The fourth-order valence-corrected chi connectivity index (χ4v) is 4.91. The zero-order valence-corrected chi connectivity index (χ0v) is 20.8. The topological polar surface area (TPSA) is 99.3 Å². The number of H-pyrrole nitrogens is 2. The molecule has 1 aliphatic heterocycles. The third-order valence-corrected chi connectivity index (χ3v) is 6.85. The molecule has 0 aliphatic carbocycles. The smallest absolute Gasteiger partial charge is 0.181 e. The second kappa shape index (κ2) is 9.91. The number of hydrogen-bond acceptors (Lipinski definition) is 6. The fourth-order valence-electron chi connectivity index (χ4n) is 4.91. The van der Waals surface area contributed by atoms with Gasteiger partial charge in [0, 0.05) is 42.5 Å². The van der Waals surface area contributed by atoms with Gasteiger partial charge in [0.1, 0.15) is 11.2 Å². The van der Waals surface area contributed by atoms with Crippen LogP contribution in [0.15, 0.2) is 79.4 Å². The molecule has 8 heteroatoms. The van der Waals surface area contributed by atoms with Crippen molar-refractivity contribution in [2.75, 3.05) is 19.6 Å². The Hall–Kier alpha value is -4.43. The Bertz CT molecular complexity index is 1630. The largest absolute Gasteiger partial charge is 0.337 e. The van der Waals surface area contributed by atoms with Crippen molar-refractivity contribution in [2.24, 2.45) is 0 Å². The summed E-state index contributed by atoms with van der Waals surface area (Å²) in [5.74, 6) is 0.693. The van der Waals surface area contributed by atoms with E-state index < -0.39 is 0 Å². The molecule has 0 aromatic carbocycles. The van der Waals surface area contributed by atoms with Crippen LogP contribution in [-0.2, 0) is 0 Å². The normalized spacial score (nSPS) is 15.2. The van der Waals surface area contributed by atoms with E-state index in [1.165, 1.54) is 18.4 Å². The van der Waals surface area contributed by atoms with E-state index in [0.717, 1.165) is 64.1 Å². The summed E-state index contributed by atoms with van der Waals surface area (Å²) in [7, 11) is 0. The van der Waals surface area contributed by atoms with E-state index in [0.29, 0.717) is 11.5 Å². The Labute approximate surface area is 214 Å². The third-order valence-electron chi connectivity index (χ3n) is 6.85. The molecule has 184 valence electrons. The molecule has 1 saturated heterocycles. The van der Waals surface area contributed by atoms with Gasteiger partial charge in [-0.05, 0) is 68.3 Å². The molecule has 5 aromatic rings. The predicted molar refractivity (Wildman–Crippen MR) is 148 cm³/mol. The third kappa shape index (κ3) is 4.47. The molecular weight excluding hydrogens is 460 g/mol. The fraction of sp³-hybridized carbons (Fsp3) is 0.207. The predicted octanol–water partition coefficient (Wildman–Crippen LogP) is 5.57. The molecule has 8 nitrogen and oxygen atoms in total. The molecule has 5 aromatic heterocycles. The highest BCUT2D eigenvalue weighted by atomic mass is 15.2.